The van der Waals surface area contributed by atoms with Gasteiger partial charge in [0.1, 0.15) is 5.75 Å². The third kappa shape index (κ3) is 4.02. The van der Waals surface area contributed by atoms with Crippen LogP contribution in [0.4, 0.5) is 0 Å². The van der Waals surface area contributed by atoms with Crippen LogP contribution < -0.4 is 10.1 Å². The lowest BCUT2D eigenvalue weighted by Gasteiger charge is -2.24. The minimum absolute atomic E-state index is 0.430. The van der Waals surface area contributed by atoms with Crippen LogP contribution in [0.15, 0.2) is 24.3 Å². The highest BCUT2D eigenvalue weighted by Crippen LogP contribution is 2.25. The summed E-state index contributed by atoms with van der Waals surface area (Å²) in [5.74, 6) is 1.07. The Morgan fingerprint density at radius 1 is 1.17 bits per heavy atom. The Morgan fingerprint density at radius 3 is 2.61 bits per heavy atom. The summed E-state index contributed by atoms with van der Waals surface area (Å²) in [6, 6.07) is 8.93. The van der Waals surface area contributed by atoms with E-state index in [9.17, 15) is 0 Å². The van der Waals surface area contributed by atoms with Gasteiger partial charge in [-0.1, -0.05) is 38.5 Å². The minimum Gasteiger partial charge on any atom is -0.490 e. The zero-order chi connectivity index (χ0) is 12.8. The minimum atomic E-state index is 0.430. The summed E-state index contributed by atoms with van der Waals surface area (Å²) in [7, 11) is 0. The molecule has 0 radical (unpaired) electrons. The second kappa shape index (κ2) is 6.79. The van der Waals surface area contributed by atoms with Gasteiger partial charge in [0.05, 0.1) is 6.10 Å². The van der Waals surface area contributed by atoms with Crippen molar-refractivity contribution in [3.63, 3.8) is 0 Å². The molecule has 1 aliphatic carbocycles. The molecule has 0 saturated heterocycles. The van der Waals surface area contributed by atoms with Crippen LogP contribution >= 0.6 is 0 Å². The van der Waals surface area contributed by atoms with Crippen LogP contribution in [0.25, 0.3) is 0 Å². The summed E-state index contributed by atoms with van der Waals surface area (Å²) >= 11 is 0. The maximum absolute atomic E-state index is 6.18. The SMILES string of the molecule is CC(C)NCc1ccccc1OC1CCCCC1. The summed E-state index contributed by atoms with van der Waals surface area (Å²) in [5, 5.41) is 3.46. The van der Waals surface area contributed by atoms with Crippen LogP contribution in [0.1, 0.15) is 51.5 Å². The highest BCUT2D eigenvalue weighted by Gasteiger charge is 2.16. The maximum atomic E-state index is 6.18. The molecule has 1 aromatic carbocycles. The lowest BCUT2D eigenvalue weighted by molar-refractivity contribution is 0.153. The molecule has 0 aliphatic heterocycles. The lowest BCUT2D eigenvalue weighted by Crippen LogP contribution is -2.24. The highest BCUT2D eigenvalue weighted by atomic mass is 16.5. The topological polar surface area (TPSA) is 21.3 Å². The molecule has 100 valence electrons. The highest BCUT2D eigenvalue weighted by molar-refractivity contribution is 5.33. The van der Waals surface area contributed by atoms with Gasteiger partial charge in [0.15, 0.2) is 0 Å². The van der Waals surface area contributed by atoms with Crippen molar-refractivity contribution in [3.8, 4) is 5.75 Å². The molecular formula is C16H25NO. The molecule has 0 heterocycles. The second-order valence-corrected chi connectivity index (χ2v) is 5.52. The summed E-state index contributed by atoms with van der Waals surface area (Å²) in [5.41, 5.74) is 1.27. The van der Waals surface area contributed by atoms with E-state index in [0.29, 0.717) is 12.1 Å². The first-order valence-electron chi connectivity index (χ1n) is 7.23. The Labute approximate surface area is 111 Å². The molecular weight excluding hydrogens is 222 g/mol. The quantitative estimate of drug-likeness (QED) is 0.852. The van der Waals surface area contributed by atoms with Crippen molar-refractivity contribution in [2.24, 2.45) is 0 Å². The van der Waals surface area contributed by atoms with Gasteiger partial charge in [-0.05, 0) is 31.7 Å². The molecule has 1 aromatic rings. The molecule has 1 saturated carbocycles. The van der Waals surface area contributed by atoms with Crippen molar-refractivity contribution in [2.75, 3.05) is 0 Å². The predicted octanol–water partition coefficient (Wildman–Crippen LogP) is 3.90. The van der Waals surface area contributed by atoms with Crippen molar-refractivity contribution < 1.29 is 4.74 Å². The predicted molar refractivity (Wildman–Crippen MR) is 75.9 cm³/mol. The summed E-state index contributed by atoms with van der Waals surface area (Å²) in [6.45, 7) is 5.23. The summed E-state index contributed by atoms with van der Waals surface area (Å²) in [4.78, 5) is 0. The van der Waals surface area contributed by atoms with E-state index in [-0.39, 0.29) is 0 Å². The van der Waals surface area contributed by atoms with Gasteiger partial charge in [-0.3, -0.25) is 0 Å². The zero-order valence-corrected chi connectivity index (χ0v) is 11.6. The number of rotatable bonds is 5. The smallest absolute Gasteiger partial charge is 0.124 e. The van der Waals surface area contributed by atoms with E-state index >= 15 is 0 Å². The van der Waals surface area contributed by atoms with Gasteiger partial charge in [-0.2, -0.15) is 0 Å². The molecule has 0 unspecified atom stereocenters. The number of hydrogen-bond donors (Lipinski definition) is 1. The molecule has 0 amide bonds. The van der Waals surface area contributed by atoms with Gasteiger partial charge in [0.2, 0.25) is 0 Å². The molecule has 18 heavy (non-hydrogen) atoms. The fraction of sp³-hybridized carbons (Fsp3) is 0.625. The first kappa shape index (κ1) is 13.4. The first-order chi connectivity index (χ1) is 8.75. The average molecular weight is 247 g/mol. The van der Waals surface area contributed by atoms with E-state index < -0.39 is 0 Å². The van der Waals surface area contributed by atoms with E-state index in [1.165, 1.54) is 37.7 Å². The number of nitrogens with one attached hydrogen (secondary N) is 1. The largest absolute Gasteiger partial charge is 0.490 e. The standard InChI is InChI=1S/C16H25NO/c1-13(2)17-12-14-8-6-7-11-16(14)18-15-9-4-3-5-10-15/h6-8,11,13,15,17H,3-5,9-10,12H2,1-2H3. The number of para-hydroxylation sites is 1. The molecule has 0 atom stereocenters. The molecule has 1 fully saturated rings. The maximum Gasteiger partial charge on any atom is 0.124 e. The van der Waals surface area contributed by atoms with Crippen molar-refractivity contribution in [1.29, 1.82) is 0 Å². The fourth-order valence-electron chi connectivity index (χ4n) is 2.44. The van der Waals surface area contributed by atoms with E-state index in [0.717, 1.165) is 12.3 Å². The Morgan fingerprint density at radius 2 is 1.89 bits per heavy atom. The van der Waals surface area contributed by atoms with Crippen LogP contribution in [0, 0.1) is 0 Å². The summed E-state index contributed by atoms with van der Waals surface area (Å²) in [6.07, 6.45) is 6.86. The Balaban J connectivity index is 1.97. The third-order valence-electron chi connectivity index (χ3n) is 3.52. The van der Waals surface area contributed by atoms with E-state index in [4.69, 9.17) is 4.74 Å². The average Bonchev–Trinajstić information content (AvgIpc) is 2.39. The van der Waals surface area contributed by atoms with Gasteiger partial charge in [-0.25, -0.2) is 0 Å². The van der Waals surface area contributed by atoms with Crippen molar-refractivity contribution in [1.82, 2.24) is 5.32 Å². The molecule has 0 spiro atoms. The Bertz CT molecular complexity index is 356. The zero-order valence-electron chi connectivity index (χ0n) is 11.6. The summed E-state index contributed by atoms with van der Waals surface area (Å²) < 4.78 is 6.18. The molecule has 2 nitrogen and oxygen atoms in total. The van der Waals surface area contributed by atoms with Crippen molar-refractivity contribution in [3.05, 3.63) is 29.8 Å². The van der Waals surface area contributed by atoms with Gasteiger partial charge in [-0.15, -0.1) is 0 Å². The number of benzene rings is 1. The van der Waals surface area contributed by atoms with Crippen LogP contribution in [-0.4, -0.2) is 12.1 Å². The van der Waals surface area contributed by atoms with Gasteiger partial charge < -0.3 is 10.1 Å². The van der Waals surface area contributed by atoms with Gasteiger partial charge in [0, 0.05) is 18.2 Å². The van der Waals surface area contributed by atoms with Crippen LogP contribution in [-0.2, 0) is 6.54 Å². The van der Waals surface area contributed by atoms with Crippen molar-refractivity contribution in [2.45, 2.75) is 64.6 Å². The van der Waals surface area contributed by atoms with E-state index in [2.05, 4.69) is 43.4 Å². The monoisotopic (exact) mass is 247 g/mol. The Hall–Kier alpha value is -1.02. The lowest BCUT2D eigenvalue weighted by atomic mass is 9.97. The first-order valence-corrected chi connectivity index (χ1v) is 7.23. The molecule has 1 aliphatic rings. The molecule has 0 bridgehead atoms. The van der Waals surface area contributed by atoms with Crippen molar-refractivity contribution >= 4 is 0 Å². The third-order valence-corrected chi connectivity index (χ3v) is 3.52. The molecule has 2 rings (SSSR count). The molecule has 1 N–H and O–H groups in total. The normalized spacial score (nSPS) is 17.1. The van der Waals surface area contributed by atoms with E-state index in [1.807, 2.05) is 0 Å². The Kier molecular flexibility index (Phi) is 5.06. The van der Waals surface area contributed by atoms with Crippen LogP contribution in [0.3, 0.4) is 0 Å². The number of hydrogen-bond acceptors (Lipinski definition) is 2. The second-order valence-electron chi connectivity index (χ2n) is 5.52. The molecule has 2 heteroatoms. The number of ether oxygens (including phenoxy) is 1. The van der Waals surface area contributed by atoms with Crippen LogP contribution in [0.2, 0.25) is 0 Å². The van der Waals surface area contributed by atoms with Gasteiger partial charge >= 0.3 is 0 Å². The van der Waals surface area contributed by atoms with Crippen LogP contribution in [0.5, 0.6) is 5.75 Å². The van der Waals surface area contributed by atoms with E-state index in [1.54, 1.807) is 0 Å². The van der Waals surface area contributed by atoms with Gasteiger partial charge in [0.25, 0.3) is 0 Å². The molecule has 0 aromatic heterocycles. The fourth-order valence-corrected chi connectivity index (χ4v) is 2.44.